The van der Waals surface area contributed by atoms with Crippen LogP contribution >= 0.6 is 0 Å². The zero-order chi connectivity index (χ0) is 15.0. The van der Waals surface area contributed by atoms with E-state index in [9.17, 15) is 15.2 Å². The highest BCUT2D eigenvalue weighted by atomic mass is 16.3. The molecule has 0 saturated heterocycles. The number of hydrogen-bond acceptors (Lipinski definition) is 4. The molecule has 102 valence electrons. The molecule has 0 unspecified atom stereocenters. The summed E-state index contributed by atoms with van der Waals surface area (Å²) in [6, 6.07) is 10.7. The van der Waals surface area contributed by atoms with Crippen molar-refractivity contribution in [1.29, 1.82) is 5.26 Å². The number of fused-ring (bicyclic) bond motifs is 1. The maximum atomic E-state index is 11.9. The van der Waals surface area contributed by atoms with E-state index in [1.165, 1.54) is 0 Å². The van der Waals surface area contributed by atoms with Gasteiger partial charge in [-0.25, -0.2) is 0 Å². The van der Waals surface area contributed by atoms with Crippen LogP contribution in [0.4, 0.5) is 0 Å². The molecule has 2 aromatic heterocycles. The number of H-pyrrole nitrogens is 1. The molecule has 1 aromatic carbocycles. The fraction of sp³-hybridized carbons (Fsp3) is 0.0625. The first-order valence-corrected chi connectivity index (χ1v) is 6.33. The average Bonchev–Trinajstić information content (AvgIpc) is 2.47. The molecule has 0 saturated carbocycles. The standard InChI is InChI=1S/C16H11N3O2/c1-9-7-12(13(8-17)16(21)19-9)11-5-4-10-3-2-6-18-14(10)15(11)20/h2-7,20H,1H3,(H,19,21). The lowest BCUT2D eigenvalue weighted by molar-refractivity contribution is 0.482. The smallest absolute Gasteiger partial charge is 0.266 e. The first-order valence-electron chi connectivity index (χ1n) is 6.33. The predicted molar refractivity (Wildman–Crippen MR) is 78.9 cm³/mol. The van der Waals surface area contributed by atoms with Gasteiger partial charge in [0.1, 0.15) is 22.9 Å². The minimum absolute atomic E-state index is 0.0221. The summed E-state index contributed by atoms with van der Waals surface area (Å²) in [5, 5.41) is 20.4. The van der Waals surface area contributed by atoms with Gasteiger partial charge in [0.25, 0.3) is 5.56 Å². The number of benzene rings is 1. The van der Waals surface area contributed by atoms with E-state index in [2.05, 4.69) is 9.97 Å². The Morgan fingerprint density at radius 2 is 2.10 bits per heavy atom. The lowest BCUT2D eigenvalue weighted by Crippen LogP contribution is -2.12. The Hall–Kier alpha value is -3.13. The molecule has 0 aliphatic rings. The van der Waals surface area contributed by atoms with Crippen LogP contribution in [0.15, 0.2) is 41.3 Å². The zero-order valence-corrected chi connectivity index (χ0v) is 11.2. The van der Waals surface area contributed by atoms with E-state index < -0.39 is 5.56 Å². The van der Waals surface area contributed by atoms with Crippen molar-refractivity contribution in [1.82, 2.24) is 9.97 Å². The largest absolute Gasteiger partial charge is 0.505 e. The molecule has 5 heteroatoms. The molecule has 0 amide bonds. The lowest BCUT2D eigenvalue weighted by Gasteiger charge is -2.09. The molecule has 0 aliphatic carbocycles. The molecule has 0 spiro atoms. The van der Waals surface area contributed by atoms with E-state index in [1.807, 2.05) is 12.1 Å². The van der Waals surface area contributed by atoms with Gasteiger partial charge in [-0.05, 0) is 25.1 Å². The number of aromatic nitrogens is 2. The molecular weight excluding hydrogens is 266 g/mol. The minimum atomic E-state index is -0.465. The van der Waals surface area contributed by atoms with Gasteiger partial charge < -0.3 is 10.1 Å². The first kappa shape index (κ1) is 12.9. The predicted octanol–water partition coefficient (Wildman–Crippen LogP) is 2.48. The number of nitrogens with zero attached hydrogens (tertiary/aromatic N) is 2. The average molecular weight is 277 g/mol. The summed E-state index contributed by atoms with van der Waals surface area (Å²) < 4.78 is 0. The van der Waals surface area contributed by atoms with Crippen LogP contribution in [0.5, 0.6) is 5.75 Å². The highest BCUT2D eigenvalue weighted by Crippen LogP contribution is 2.35. The van der Waals surface area contributed by atoms with Crippen LogP contribution in [0.2, 0.25) is 0 Å². The number of phenols is 1. The molecule has 0 atom stereocenters. The van der Waals surface area contributed by atoms with Gasteiger partial charge in [-0.1, -0.05) is 12.1 Å². The van der Waals surface area contributed by atoms with Crippen molar-refractivity contribution >= 4 is 10.9 Å². The second kappa shape index (κ2) is 4.76. The van der Waals surface area contributed by atoms with Gasteiger partial charge in [0.05, 0.1) is 0 Å². The third-order valence-corrected chi connectivity index (χ3v) is 3.32. The summed E-state index contributed by atoms with van der Waals surface area (Å²) in [5.74, 6) is -0.0328. The number of hydrogen-bond donors (Lipinski definition) is 2. The maximum Gasteiger partial charge on any atom is 0.266 e. The summed E-state index contributed by atoms with van der Waals surface area (Å²) in [4.78, 5) is 18.6. The number of rotatable bonds is 1. The van der Waals surface area contributed by atoms with Crippen LogP contribution in [0.3, 0.4) is 0 Å². The van der Waals surface area contributed by atoms with Crippen LogP contribution in [0, 0.1) is 18.3 Å². The Kier molecular flexibility index (Phi) is 2.92. The summed E-state index contributed by atoms with van der Waals surface area (Å²) in [6.07, 6.45) is 1.58. The van der Waals surface area contributed by atoms with Gasteiger partial charge in [0.2, 0.25) is 0 Å². The highest BCUT2D eigenvalue weighted by Gasteiger charge is 2.15. The molecule has 0 aliphatic heterocycles. The van der Waals surface area contributed by atoms with E-state index >= 15 is 0 Å². The van der Waals surface area contributed by atoms with Crippen LogP contribution < -0.4 is 5.56 Å². The number of pyridine rings is 2. The molecule has 3 rings (SSSR count). The summed E-state index contributed by atoms with van der Waals surface area (Å²) in [7, 11) is 0. The molecule has 0 bridgehead atoms. The van der Waals surface area contributed by atoms with Crippen molar-refractivity contribution < 1.29 is 5.11 Å². The lowest BCUT2D eigenvalue weighted by atomic mass is 9.98. The van der Waals surface area contributed by atoms with Gasteiger partial charge in [-0.3, -0.25) is 9.78 Å². The Balaban J connectivity index is 2.39. The van der Waals surface area contributed by atoms with Gasteiger partial charge in [-0.2, -0.15) is 5.26 Å². The van der Waals surface area contributed by atoms with Crippen LogP contribution in [0.25, 0.3) is 22.0 Å². The molecular formula is C16H11N3O2. The number of aryl methyl sites for hydroxylation is 1. The first-order chi connectivity index (χ1) is 10.1. The normalized spacial score (nSPS) is 10.5. The van der Waals surface area contributed by atoms with Crippen LogP contribution in [-0.4, -0.2) is 15.1 Å². The van der Waals surface area contributed by atoms with E-state index in [-0.39, 0.29) is 11.3 Å². The van der Waals surface area contributed by atoms with Crippen molar-refractivity contribution in [3.05, 3.63) is 58.1 Å². The van der Waals surface area contributed by atoms with E-state index in [0.29, 0.717) is 22.3 Å². The van der Waals surface area contributed by atoms with Crippen molar-refractivity contribution in [3.8, 4) is 22.9 Å². The van der Waals surface area contributed by atoms with Gasteiger partial charge in [-0.15, -0.1) is 0 Å². The summed E-state index contributed by atoms with van der Waals surface area (Å²) in [5.41, 5.74) is 1.40. The van der Waals surface area contributed by atoms with Crippen molar-refractivity contribution in [2.24, 2.45) is 0 Å². The van der Waals surface area contributed by atoms with Crippen LogP contribution in [0.1, 0.15) is 11.3 Å². The Labute approximate surface area is 120 Å². The Morgan fingerprint density at radius 1 is 1.29 bits per heavy atom. The number of nitriles is 1. The second-order valence-corrected chi connectivity index (χ2v) is 4.72. The fourth-order valence-electron chi connectivity index (χ4n) is 2.36. The van der Waals surface area contributed by atoms with Crippen LogP contribution in [-0.2, 0) is 0 Å². The monoisotopic (exact) mass is 277 g/mol. The molecule has 21 heavy (non-hydrogen) atoms. The van der Waals surface area contributed by atoms with E-state index in [4.69, 9.17) is 0 Å². The van der Waals surface area contributed by atoms with Gasteiger partial charge >= 0.3 is 0 Å². The molecule has 3 aromatic rings. The Bertz CT molecular complexity index is 952. The third kappa shape index (κ3) is 2.03. The van der Waals surface area contributed by atoms with Gasteiger partial charge in [0.15, 0.2) is 0 Å². The fourth-order valence-corrected chi connectivity index (χ4v) is 2.36. The van der Waals surface area contributed by atoms with Crippen molar-refractivity contribution in [3.63, 3.8) is 0 Å². The SMILES string of the molecule is Cc1cc(-c2ccc3cccnc3c2O)c(C#N)c(=O)[nH]1. The molecule has 2 N–H and O–H groups in total. The molecule has 0 fully saturated rings. The number of aromatic hydroxyl groups is 1. The van der Waals surface area contributed by atoms with Gasteiger partial charge in [0, 0.05) is 28.4 Å². The number of aromatic amines is 1. The quantitative estimate of drug-likeness (QED) is 0.715. The molecule has 2 heterocycles. The van der Waals surface area contributed by atoms with E-state index in [1.54, 1.807) is 37.4 Å². The van der Waals surface area contributed by atoms with Crippen molar-refractivity contribution in [2.45, 2.75) is 6.92 Å². The summed E-state index contributed by atoms with van der Waals surface area (Å²) in [6.45, 7) is 1.72. The minimum Gasteiger partial charge on any atom is -0.505 e. The zero-order valence-electron chi connectivity index (χ0n) is 11.2. The number of phenolic OH excluding ortho intramolecular Hbond substituents is 1. The van der Waals surface area contributed by atoms with E-state index in [0.717, 1.165) is 5.39 Å². The number of nitrogens with one attached hydrogen (secondary N) is 1. The Morgan fingerprint density at radius 3 is 2.86 bits per heavy atom. The maximum absolute atomic E-state index is 11.9. The third-order valence-electron chi connectivity index (χ3n) is 3.32. The molecule has 0 radical (unpaired) electrons. The summed E-state index contributed by atoms with van der Waals surface area (Å²) >= 11 is 0. The molecule has 5 nitrogen and oxygen atoms in total. The topological polar surface area (TPSA) is 89.8 Å². The van der Waals surface area contributed by atoms with Crippen molar-refractivity contribution in [2.75, 3.05) is 0 Å². The second-order valence-electron chi connectivity index (χ2n) is 4.72. The highest BCUT2D eigenvalue weighted by molar-refractivity contribution is 5.92.